The summed E-state index contributed by atoms with van der Waals surface area (Å²) in [4.78, 5) is 14.7. The lowest BCUT2D eigenvalue weighted by atomic mass is 10.1. The van der Waals surface area contributed by atoms with Gasteiger partial charge in [-0.25, -0.2) is 13.4 Å². The average Bonchev–Trinajstić information content (AvgIpc) is 3.22. The Morgan fingerprint density at radius 3 is 2.29 bits per heavy atom. The zero-order valence-corrected chi connectivity index (χ0v) is 17.7. The summed E-state index contributed by atoms with van der Waals surface area (Å²) in [5.41, 5.74) is 3.47. The van der Waals surface area contributed by atoms with Crippen molar-refractivity contribution in [2.75, 3.05) is 7.05 Å². The van der Waals surface area contributed by atoms with Gasteiger partial charge in [-0.2, -0.15) is 4.31 Å². The zero-order valence-electron chi connectivity index (χ0n) is 16.9. The van der Waals surface area contributed by atoms with E-state index in [0.29, 0.717) is 0 Å². The Hall–Kier alpha value is -3.56. The van der Waals surface area contributed by atoms with Crippen molar-refractivity contribution in [1.82, 2.24) is 13.9 Å². The number of nitro groups is 1. The zero-order chi connectivity index (χ0) is 22.2. The van der Waals surface area contributed by atoms with E-state index >= 15 is 0 Å². The van der Waals surface area contributed by atoms with Gasteiger partial charge in [-0.1, -0.05) is 24.3 Å². The minimum atomic E-state index is -3.82. The first-order chi connectivity index (χ1) is 14.8. The molecule has 1 atom stereocenters. The van der Waals surface area contributed by atoms with Gasteiger partial charge in [0, 0.05) is 30.9 Å². The van der Waals surface area contributed by atoms with Crippen molar-refractivity contribution in [3.05, 3.63) is 94.8 Å². The van der Waals surface area contributed by atoms with Gasteiger partial charge >= 0.3 is 0 Å². The number of imidazole rings is 1. The van der Waals surface area contributed by atoms with E-state index in [4.69, 9.17) is 0 Å². The summed E-state index contributed by atoms with van der Waals surface area (Å²) in [6.45, 7) is 1.80. The van der Waals surface area contributed by atoms with E-state index in [9.17, 15) is 18.5 Å². The summed E-state index contributed by atoms with van der Waals surface area (Å²) in [5, 5.41) is 10.8. The standard InChI is InChI=1S/C22H20N4O4S/c1-16(24(2)31(29,30)20-13-11-19(12-14-20)26(27)28)17-7-9-18(10-8-17)25-15-23-21-5-3-4-6-22(21)25/h3-16H,1-2H3/t16-/m1/s1. The number of hydrogen-bond donors (Lipinski definition) is 0. The van der Waals surface area contributed by atoms with E-state index in [2.05, 4.69) is 4.98 Å². The molecule has 31 heavy (non-hydrogen) atoms. The molecule has 158 valence electrons. The molecule has 4 rings (SSSR count). The van der Waals surface area contributed by atoms with Gasteiger partial charge in [-0.15, -0.1) is 0 Å². The minimum Gasteiger partial charge on any atom is -0.299 e. The van der Waals surface area contributed by atoms with Crippen molar-refractivity contribution < 1.29 is 13.3 Å². The van der Waals surface area contributed by atoms with Gasteiger partial charge in [0.15, 0.2) is 0 Å². The maximum absolute atomic E-state index is 13.0. The van der Waals surface area contributed by atoms with Crippen molar-refractivity contribution in [1.29, 1.82) is 0 Å². The second kappa shape index (κ2) is 7.93. The number of fused-ring (bicyclic) bond motifs is 1. The number of non-ortho nitro benzene ring substituents is 1. The van der Waals surface area contributed by atoms with Crippen LogP contribution in [-0.4, -0.2) is 34.2 Å². The van der Waals surface area contributed by atoms with Gasteiger partial charge < -0.3 is 0 Å². The number of benzene rings is 3. The number of sulfonamides is 1. The fourth-order valence-electron chi connectivity index (χ4n) is 3.40. The third-order valence-corrected chi connectivity index (χ3v) is 7.32. The third-order valence-electron chi connectivity index (χ3n) is 5.38. The van der Waals surface area contributed by atoms with Crippen LogP contribution >= 0.6 is 0 Å². The molecular weight excluding hydrogens is 416 g/mol. The maximum atomic E-state index is 13.0. The van der Waals surface area contributed by atoms with E-state index < -0.39 is 21.0 Å². The van der Waals surface area contributed by atoms with Gasteiger partial charge in [0.1, 0.15) is 6.33 Å². The molecule has 0 N–H and O–H groups in total. The molecule has 0 aliphatic rings. The Balaban J connectivity index is 1.58. The second-order valence-corrected chi connectivity index (χ2v) is 9.14. The molecule has 1 heterocycles. The maximum Gasteiger partial charge on any atom is 0.269 e. The number of rotatable bonds is 6. The first-order valence-corrected chi connectivity index (χ1v) is 11.0. The lowest BCUT2D eigenvalue weighted by molar-refractivity contribution is -0.384. The van der Waals surface area contributed by atoms with Crippen LogP contribution in [0.1, 0.15) is 18.5 Å². The highest BCUT2D eigenvalue weighted by molar-refractivity contribution is 7.89. The van der Waals surface area contributed by atoms with Crippen molar-refractivity contribution in [2.24, 2.45) is 0 Å². The largest absolute Gasteiger partial charge is 0.299 e. The summed E-state index contributed by atoms with van der Waals surface area (Å²) < 4.78 is 29.2. The van der Waals surface area contributed by atoms with Crippen LogP contribution in [0.3, 0.4) is 0 Å². The van der Waals surface area contributed by atoms with Crippen molar-refractivity contribution in [2.45, 2.75) is 17.9 Å². The molecule has 0 unspecified atom stereocenters. The molecule has 0 bridgehead atoms. The van der Waals surface area contributed by atoms with Crippen LogP contribution in [-0.2, 0) is 10.0 Å². The van der Waals surface area contributed by atoms with Gasteiger partial charge in [0.25, 0.3) is 5.69 Å². The normalized spacial score (nSPS) is 12.9. The summed E-state index contributed by atoms with van der Waals surface area (Å²) in [7, 11) is -2.32. The molecular formula is C22H20N4O4S. The molecule has 0 saturated heterocycles. The molecule has 4 aromatic rings. The Morgan fingerprint density at radius 1 is 1.00 bits per heavy atom. The first kappa shape index (κ1) is 20.7. The van der Waals surface area contributed by atoms with Gasteiger partial charge in [-0.05, 0) is 48.9 Å². The molecule has 0 aliphatic heterocycles. The number of para-hydroxylation sites is 2. The minimum absolute atomic E-state index is 0.00829. The van der Waals surface area contributed by atoms with Crippen LogP contribution in [0, 0.1) is 10.1 Å². The molecule has 0 radical (unpaired) electrons. The molecule has 0 spiro atoms. The second-order valence-electron chi connectivity index (χ2n) is 7.14. The van der Waals surface area contributed by atoms with Crippen LogP contribution in [0.15, 0.2) is 84.0 Å². The SMILES string of the molecule is C[C@H](c1ccc(-n2cnc3ccccc32)cc1)N(C)S(=O)(=O)c1ccc([N+](=O)[O-])cc1. The lowest BCUT2D eigenvalue weighted by Gasteiger charge is -2.25. The van der Waals surface area contributed by atoms with Crippen LogP contribution in [0.2, 0.25) is 0 Å². The topological polar surface area (TPSA) is 98.3 Å². The first-order valence-electron chi connectivity index (χ1n) is 9.54. The van der Waals surface area contributed by atoms with Crippen LogP contribution in [0.25, 0.3) is 16.7 Å². The summed E-state index contributed by atoms with van der Waals surface area (Å²) in [6, 6.07) is 19.9. The van der Waals surface area contributed by atoms with Crippen molar-refractivity contribution in [3.8, 4) is 5.69 Å². The molecule has 0 saturated carbocycles. The summed E-state index contributed by atoms with van der Waals surface area (Å²) >= 11 is 0. The fraction of sp³-hybridized carbons (Fsp3) is 0.136. The molecule has 0 fully saturated rings. The summed E-state index contributed by atoms with van der Waals surface area (Å²) in [5.74, 6) is 0. The Morgan fingerprint density at radius 2 is 1.65 bits per heavy atom. The van der Waals surface area contributed by atoms with Crippen molar-refractivity contribution >= 4 is 26.7 Å². The highest BCUT2D eigenvalue weighted by atomic mass is 32.2. The average molecular weight is 436 g/mol. The quantitative estimate of drug-likeness (QED) is 0.331. The monoisotopic (exact) mass is 436 g/mol. The van der Waals surface area contributed by atoms with Crippen molar-refractivity contribution in [3.63, 3.8) is 0 Å². The van der Waals surface area contributed by atoms with E-state index in [-0.39, 0.29) is 10.6 Å². The van der Waals surface area contributed by atoms with E-state index in [1.54, 1.807) is 13.3 Å². The van der Waals surface area contributed by atoms with Gasteiger partial charge in [0.05, 0.1) is 20.9 Å². The highest BCUT2D eigenvalue weighted by Crippen LogP contribution is 2.28. The third kappa shape index (κ3) is 3.80. The number of nitro benzene ring substituents is 1. The van der Waals surface area contributed by atoms with Crippen LogP contribution in [0.5, 0.6) is 0 Å². The van der Waals surface area contributed by atoms with E-state index in [0.717, 1.165) is 22.3 Å². The van der Waals surface area contributed by atoms with Crippen LogP contribution in [0.4, 0.5) is 5.69 Å². The number of hydrogen-bond acceptors (Lipinski definition) is 5. The predicted molar refractivity (Wildman–Crippen MR) is 118 cm³/mol. The van der Waals surface area contributed by atoms with Gasteiger partial charge in [0.2, 0.25) is 10.0 Å². The molecule has 0 aliphatic carbocycles. The smallest absolute Gasteiger partial charge is 0.269 e. The molecule has 3 aromatic carbocycles. The summed E-state index contributed by atoms with van der Waals surface area (Å²) in [6.07, 6.45) is 1.76. The fourth-order valence-corrected chi connectivity index (χ4v) is 4.75. The highest BCUT2D eigenvalue weighted by Gasteiger charge is 2.27. The molecule has 8 nitrogen and oxygen atoms in total. The van der Waals surface area contributed by atoms with Crippen LogP contribution < -0.4 is 0 Å². The Labute approximate surface area is 179 Å². The molecule has 0 amide bonds. The molecule has 1 aromatic heterocycles. The van der Waals surface area contributed by atoms with Gasteiger partial charge in [-0.3, -0.25) is 14.7 Å². The number of nitrogens with zero attached hydrogens (tertiary/aromatic N) is 4. The predicted octanol–water partition coefficient (Wildman–Crippen LogP) is 4.32. The van der Waals surface area contributed by atoms with E-state index in [1.807, 2.05) is 53.1 Å². The lowest BCUT2D eigenvalue weighted by Crippen LogP contribution is -2.29. The van der Waals surface area contributed by atoms with E-state index in [1.165, 1.54) is 35.6 Å². The Kier molecular flexibility index (Phi) is 5.30. The molecule has 9 heteroatoms. The Bertz CT molecular complexity index is 1350. The number of aromatic nitrogens is 2.